The summed E-state index contributed by atoms with van der Waals surface area (Å²) < 4.78 is 18.7. The maximum absolute atomic E-state index is 12.7. The van der Waals surface area contributed by atoms with E-state index in [1.807, 2.05) is 49.7 Å². The number of pyridine rings is 1. The Morgan fingerprint density at radius 2 is 1.93 bits per heavy atom. The molecular weight excluding hydrogens is 368 g/mol. The zero-order valence-electron chi connectivity index (χ0n) is 17.9. The molecule has 0 radical (unpaired) electrons. The van der Waals surface area contributed by atoms with Gasteiger partial charge in [-0.1, -0.05) is 19.1 Å². The Morgan fingerprint density at radius 1 is 1.21 bits per heavy atom. The van der Waals surface area contributed by atoms with Gasteiger partial charge in [0, 0.05) is 12.6 Å². The van der Waals surface area contributed by atoms with Crippen molar-refractivity contribution in [2.45, 2.75) is 40.2 Å². The van der Waals surface area contributed by atoms with Crippen LogP contribution in [0.1, 0.15) is 43.7 Å². The maximum atomic E-state index is 12.7. The molecule has 6 heteroatoms. The molecule has 2 heterocycles. The van der Waals surface area contributed by atoms with Crippen LogP contribution < -0.4 is 9.47 Å². The summed E-state index contributed by atoms with van der Waals surface area (Å²) >= 11 is 0. The van der Waals surface area contributed by atoms with E-state index in [0.717, 1.165) is 34.5 Å². The van der Waals surface area contributed by atoms with E-state index in [1.54, 1.807) is 14.0 Å². The number of carbonyl (C=O) groups excluding carboxylic acids is 1. The number of methoxy groups -OCH3 is 1. The second kappa shape index (κ2) is 8.55. The van der Waals surface area contributed by atoms with E-state index in [1.165, 1.54) is 0 Å². The molecule has 154 valence electrons. The van der Waals surface area contributed by atoms with Crippen molar-refractivity contribution in [2.24, 2.45) is 7.05 Å². The highest BCUT2D eigenvalue weighted by Gasteiger charge is 2.27. The van der Waals surface area contributed by atoms with Gasteiger partial charge in [0.15, 0.2) is 11.4 Å². The van der Waals surface area contributed by atoms with Crippen LogP contribution in [0.4, 0.5) is 0 Å². The Bertz CT molecular complexity index is 1040. The zero-order chi connectivity index (χ0) is 21.1. The normalized spacial score (nSPS) is 11.1. The van der Waals surface area contributed by atoms with E-state index in [9.17, 15) is 4.79 Å². The second-order valence-corrected chi connectivity index (χ2v) is 7.04. The van der Waals surface area contributed by atoms with E-state index < -0.39 is 5.97 Å². The predicted molar refractivity (Wildman–Crippen MR) is 114 cm³/mol. The first kappa shape index (κ1) is 20.7. The minimum atomic E-state index is -0.416. The smallest absolute Gasteiger partial charge is 0.358 e. The number of hydrogen-bond donors (Lipinski definition) is 0. The van der Waals surface area contributed by atoms with E-state index in [4.69, 9.17) is 19.2 Å². The molecule has 0 N–H and O–H groups in total. The van der Waals surface area contributed by atoms with Gasteiger partial charge in [0.05, 0.1) is 31.0 Å². The van der Waals surface area contributed by atoms with Gasteiger partial charge in [-0.15, -0.1) is 0 Å². The van der Waals surface area contributed by atoms with Crippen molar-refractivity contribution in [1.82, 2.24) is 9.55 Å². The molecule has 0 bridgehead atoms. The van der Waals surface area contributed by atoms with Crippen LogP contribution in [-0.2, 0) is 18.2 Å². The van der Waals surface area contributed by atoms with Crippen LogP contribution in [0.15, 0.2) is 30.3 Å². The third-order valence-corrected chi connectivity index (χ3v) is 4.77. The number of esters is 1. The monoisotopic (exact) mass is 396 g/mol. The van der Waals surface area contributed by atoms with Gasteiger partial charge < -0.3 is 18.8 Å². The van der Waals surface area contributed by atoms with Gasteiger partial charge in [-0.05, 0) is 51.0 Å². The molecule has 0 aliphatic carbocycles. The highest BCUT2D eigenvalue weighted by Crippen LogP contribution is 2.38. The molecule has 6 nitrogen and oxygen atoms in total. The number of nitrogens with zero attached hydrogens (tertiary/aromatic N) is 2. The van der Waals surface area contributed by atoms with Crippen LogP contribution in [0, 0.1) is 0 Å². The number of aromatic nitrogens is 2. The molecule has 0 aliphatic heterocycles. The van der Waals surface area contributed by atoms with Gasteiger partial charge in [-0.25, -0.2) is 9.78 Å². The van der Waals surface area contributed by atoms with Crippen molar-refractivity contribution in [3.05, 3.63) is 41.6 Å². The van der Waals surface area contributed by atoms with E-state index >= 15 is 0 Å². The standard InChI is InChI=1S/C23H28N2O4/c1-7-15-13-17-20(24-19(15)16-11-9-10-12-18(16)27-6)22(29-14(3)4)21(25(17)5)23(26)28-8-2/h9-14H,7-8H2,1-6H3. The second-order valence-electron chi connectivity index (χ2n) is 7.04. The Kier molecular flexibility index (Phi) is 6.11. The first-order valence-corrected chi connectivity index (χ1v) is 9.92. The number of hydrogen-bond acceptors (Lipinski definition) is 5. The number of aryl methyl sites for hydroxylation is 2. The number of rotatable bonds is 7. The molecule has 3 rings (SSSR count). The number of carbonyl (C=O) groups is 1. The van der Waals surface area contributed by atoms with Crippen molar-refractivity contribution in [3.63, 3.8) is 0 Å². The van der Waals surface area contributed by atoms with Crippen molar-refractivity contribution >= 4 is 17.0 Å². The van der Waals surface area contributed by atoms with E-state index in [0.29, 0.717) is 23.6 Å². The zero-order valence-corrected chi connectivity index (χ0v) is 17.9. The fourth-order valence-corrected chi connectivity index (χ4v) is 3.47. The van der Waals surface area contributed by atoms with Crippen LogP contribution >= 0.6 is 0 Å². The van der Waals surface area contributed by atoms with Crippen molar-refractivity contribution < 1.29 is 19.0 Å². The molecule has 0 fully saturated rings. The minimum Gasteiger partial charge on any atom is -0.496 e. The highest BCUT2D eigenvalue weighted by molar-refractivity contribution is 6.01. The average Bonchev–Trinajstić information content (AvgIpc) is 2.97. The maximum Gasteiger partial charge on any atom is 0.358 e. The molecule has 0 saturated carbocycles. The molecule has 3 aromatic rings. The molecule has 0 aliphatic rings. The summed E-state index contributed by atoms with van der Waals surface area (Å²) in [4.78, 5) is 17.6. The molecule has 0 unspecified atom stereocenters. The first-order chi connectivity index (χ1) is 13.9. The fraction of sp³-hybridized carbons (Fsp3) is 0.391. The van der Waals surface area contributed by atoms with Gasteiger partial charge in [0.2, 0.25) is 0 Å². The summed E-state index contributed by atoms with van der Waals surface area (Å²) in [5, 5.41) is 0. The summed E-state index contributed by atoms with van der Waals surface area (Å²) in [7, 11) is 3.49. The molecule has 0 spiro atoms. The summed E-state index contributed by atoms with van der Waals surface area (Å²) in [5.41, 5.74) is 4.65. The Hall–Kier alpha value is -3.02. The van der Waals surface area contributed by atoms with Crippen molar-refractivity contribution in [3.8, 4) is 22.8 Å². The fourth-order valence-electron chi connectivity index (χ4n) is 3.47. The molecular formula is C23H28N2O4. The SMILES string of the molecule is CCOC(=O)c1c(OC(C)C)c2nc(-c3ccccc3OC)c(CC)cc2n1C. The van der Waals surface area contributed by atoms with Gasteiger partial charge in [0.1, 0.15) is 11.3 Å². The van der Waals surface area contributed by atoms with E-state index in [2.05, 4.69) is 13.0 Å². The van der Waals surface area contributed by atoms with Gasteiger partial charge in [-0.3, -0.25) is 0 Å². The van der Waals surface area contributed by atoms with Crippen LogP contribution in [0.5, 0.6) is 11.5 Å². The third-order valence-electron chi connectivity index (χ3n) is 4.77. The largest absolute Gasteiger partial charge is 0.496 e. The van der Waals surface area contributed by atoms with Crippen LogP contribution in [0.2, 0.25) is 0 Å². The molecule has 0 amide bonds. The molecule has 29 heavy (non-hydrogen) atoms. The Balaban J connectivity index is 2.35. The van der Waals surface area contributed by atoms with Crippen LogP contribution in [0.3, 0.4) is 0 Å². The summed E-state index contributed by atoms with van der Waals surface area (Å²) in [6, 6.07) is 9.87. The topological polar surface area (TPSA) is 62.6 Å². The van der Waals surface area contributed by atoms with Crippen LogP contribution in [0.25, 0.3) is 22.3 Å². The van der Waals surface area contributed by atoms with E-state index in [-0.39, 0.29) is 6.10 Å². The number of para-hydroxylation sites is 1. The minimum absolute atomic E-state index is 0.115. The quantitative estimate of drug-likeness (QED) is 0.538. The van der Waals surface area contributed by atoms with Gasteiger partial charge in [0.25, 0.3) is 0 Å². The molecule has 2 aromatic heterocycles. The van der Waals surface area contributed by atoms with Gasteiger partial charge >= 0.3 is 5.97 Å². The first-order valence-electron chi connectivity index (χ1n) is 9.92. The van der Waals surface area contributed by atoms with Crippen molar-refractivity contribution in [1.29, 1.82) is 0 Å². The molecule has 1 aromatic carbocycles. The number of benzene rings is 1. The predicted octanol–water partition coefficient (Wildman–Crippen LogP) is 4.78. The highest BCUT2D eigenvalue weighted by atomic mass is 16.5. The molecule has 0 saturated heterocycles. The summed E-state index contributed by atoms with van der Waals surface area (Å²) in [6.45, 7) is 8.02. The lowest BCUT2D eigenvalue weighted by atomic mass is 10.0. The summed E-state index contributed by atoms with van der Waals surface area (Å²) in [5.74, 6) is 0.789. The van der Waals surface area contributed by atoms with Gasteiger partial charge in [-0.2, -0.15) is 0 Å². The Labute approximate surface area is 171 Å². The van der Waals surface area contributed by atoms with Crippen LogP contribution in [-0.4, -0.2) is 35.3 Å². The average molecular weight is 396 g/mol. The van der Waals surface area contributed by atoms with Crippen molar-refractivity contribution in [2.75, 3.05) is 13.7 Å². The third kappa shape index (κ3) is 3.79. The summed E-state index contributed by atoms with van der Waals surface area (Å²) in [6.07, 6.45) is 0.674. The number of ether oxygens (including phenoxy) is 3. The lowest BCUT2D eigenvalue weighted by Gasteiger charge is -2.13. The lowest BCUT2D eigenvalue weighted by molar-refractivity contribution is 0.0509. The lowest BCUT2D eigenvalue weighted by Crippen LogP contribution is -2.14. The molecule has 0 atom stereocenters. The number of fused-ring (bicyclic) bond motifs is 1. The Morgan fingerprint density at radius 3 is 2.55 bits per heavy atom.